The number of nitriles is 1. The normalized spacial score (nSPS) is 20.4. The van der Waals surface area contributed by atoms with Crippen molar-refractivity contribution in [3.63, 3.8) is 0 Å². The summed E-state index contributed by atoms with van der Waals surface area (Å²) in [6.07, 6.45) is 4.58. The molecule has 248 valence electrons. The zero-order chi connectivity index (χ0) is 34.0. The highest BCUT2D eigenvalue weighted by Gasteiger charge is 2.47. The van der Waals surface area contributed by atoms with Gasteiger partial charge in [-0.05, 0) is 88.6 Å². The number of thioether (sulfide) groups is 1. The molecule has 2 aromatic carbocycles. The number of carbonyl (C=O) groups is 3. The van der Waals surface area contributed by atoms with Gasteiger partial charge in [-0.25, -0.2) is 9.78 Å². The van der Waals surface area contributed by atoms with E-state index in [1.54, 1.807) is 42.0 Å². The summed E-state index contributed by atoms with van der Waals surface area (Å²) < 4.78 is 11.7. The SMILES string of the molecule is CCOC(C)(C)C=C(C#N)C(=O)N1CCCC(NC(=O)[C@@H]2Sc3nccc4c3C2NC(=O)N4c2ccc(Oc3ccccc3)cc2C)C1. The molecule has 0 spiro atoms. The lowest BCUT2D eigenvalue weighted by Crippen LogP contribution is -2.54. The van der Waals surface area contributed by atoms with Crippen LogP contribution in [0.3, 0.4) is 0 Å². The van der Waals surface area contributed by atoms with Crippen molar-refractivity contribution in [3.8, 4) is 17.6 Å². The van der Waals surface area contributed by atoms with E-state index in [-0.39, 0.29) is 36.0 Å². The molecule has 4 amide bonds. The van der Waals surface area contributed by atoms with E-state index in [9.17, 15) is 19.6 Å². The van der Waals surface area contributed by atoms with Crippen molar-refractivity contribution < 1.29 is 23.9 Å². The van der Waals surface area contributed by atoms with Crippen molar-refractivity contribution in [1.29, 1.82) is 5.26 Å². The van der Waals surface area contributed by atoms with E-state index in [4.69, 9.17) is 9.47 Å². The summed E-state index contributed by atoms with van der Waals surface area (Å²) in [7, 11) is 0. The molecule has 1 aromatic heterocycles. The van der Waals surface area contributed by atoms with Crippen LogP contribution in [0.25, 0.3) is 0 Å². The second-order valence-corrected chi connectivity index (χ2v) is 13.6. The van der Waals surface area contributed by atoms with Crippen LogP contribution in [-0.2, 0) is 14.3 Å². The van der Waals surface area contributed by atoms with E-state index < -0.39 is 16.9 Å². The molecule has 2 N–H and O–H groups in total. The maximum atomic E-state index is 13.8. The average Bonchev–Trinajstić information content (AvgIpc) is 3.44. The van der Waals surface area contributed by atoms with Gasteiger partial charge >= 0.3 is 6.03 Å². The first kappa shape index (κ1) is 33.1. The lowest BCUT2D eigenvalue weighted by atomic mass is 9.98. The zero-order valence-electron chi connectivity index (χ0n) is 27.4. The third kappa shape index (κ3) is 6.74. The number of pyridine rings is 1. The van der Waals surface area contributed by atoms with Crippen LogP contribution in [0.4, 0.5) is 16.2 Å². The van der Waals surface area contributed by atoms with Gasteiger partial charge in [0.2, 0.25) is 5.91 Å². The number of benzene rings is 2. The van der Waals surface area contributed by atoms with Crippen LogP contribution in [0.2, 0.25) is 0 Å². The molecule has 0 radical (unpaired) electrons. The van der Waals surface area contributed by atoms with Crippen LogP contribution in [-0.4, -0.2) is 64.3 Å². The Morgan fingerprint density at radius 2 is 1.96 bits per heavy atom. The highest BCUT2D eigenvalue weighted by molar-refractivity contribution is 8.01. The predicted molar refractivity (Wildman–Crippen MR) is 182 cm³/mol. The number of hydrogen-bond donors (Lipinski definition) is 2. The summed E-state index contributed by atoms with van der Waals surface area (Å²) in [5.74, 6) is 0.751. The summed E-state index contributed by atoms with van der Waals surface area (Å²) in [5.41, 5.74) is 2.27. The Hall–Kier alpha value is -4.86. The van der Waals surface area contributed by atoms with Crippen molar-refractivity contribution in [2.75, 3.05) is 24.6 Å². The molecular formula is C36H38N6O5S. The predicted octanol–water partition coefficient (Wildman–Crippen LogP) is 5.93. The number of carbonyl (C=O) groups excluding carboxylic acids is 3. The number of amides is 4. The summed E-state index contributed by atoms with van der Waals surface area (Å²) in [6.45, 7) is 8.61. The molecule has 3 aromatic rings. The minimum Gasteiger partial charge on any atom is -0.457 e. The Morgan fingerprint density at radius 3 is 2.69 bits per heavy atom. The Kier molecular flexibility index (Phi) is 9.44. The lowest BCUT2D eigenvalue weighted by Gasteiger charge is -2.36. The van der Waals surface area contributed by atoms with Crippen molar-refractivity contribution >= 4 is 41.0 Å². The summed E-state index contributed by atoms with van der Waals surface area (Å²) in [6, 6.07) is 17.7. The second-order valence-electron chi connectivity index (χ2n) is 12.5. The zero-order valence-corrected chi connectivity index (χ0v) is 28.2. The van der Waals surface area contributed by atoms with E-state index in [0.717, 1.165) is 11.1 Å². The number of hydrogen-bond acceptors (Lipinski definition) is 8. The lowest BCUT2D eigenvalue weighted by molar-refractivity contribution is -0.129. The molecule has 0 bridgehead atoms. The molecule has 11 nitrogen and oxygen atoms in total. The first-order valence-electron chi connectivity index (χ1n) is 16.0. The highest BCUT2D eigenvalue weighted by Crippen LogP contribution is 2.51. The number of aromatic nitrogens is 1. The summed E-state index contributed by atoms with van der Waals surface area (Å²) >= 11 is 1.32. The molecule has 3 aliphatic heterocycles. The Bertz CT molecular complexity index is 1810. The van der Waals surface area contributed by atoms with Crippen LogP contribution in [0.15, 0.2) is 77.5 Å². The maximum absolute atomic E-state index is 13.8. The van der Waals surface area contributed by atoms with Gasteiger partial charge in [-0.1, -0.05) is 30.0 Å². The van der Waals surface area contributed by atoms with Gasteiger partial charge in [0.1, 0.15) is 33.4 Å². The van der Waals surface area contributed by atoms with Gasteiger partial charge in [-0.3, -0.25) is 14.5 Å². The maximum Gasteiger partial charge on any atom is 0.327 e. The molecule has 2 unspecified atom stereocenters. The summed E-state index contributed by atoms with van der Waals surface area (Å²) in [4.78, 5) is 48.6. The van der Waals surface area contributed by atoms with Gasteiger partial charge in [-0.15, -0.1) is 0 Å². The topological polar surface area (TPSA) is 137 Å². The molecular weight excluding hydrogens is 628 g/mol. The van der Waals surface area contributed by atoms with Crippen LogP contribution < -0.4 is 20.3 Å². The van der Waals surface area contributed by atoms with Gasteiger partial charge in [0.05, 0.1) is 23.0 Å². The van der Waals surface area contributed by atoms with Gasteiger partial charge in [-0.2, -0.15) is 5.26 Å². The van der Waals surface area contributed by atoms with E-state index >= 15 is 0 Å². The number of rotatable bonds is 9. The van der Waals surface area contributed by atoms with E-state index in [1.165, 1.54) is 11.8 Å². The highest BCUT2D eigenvalue weighted by atomic mass is 32.2. The number of para-hydroxylation sites is 1. The van der Waals surface area contributed by atoms with Gasteiger partial charge in [0.15, 0.2) is 0 Å². The first-order chi connectivity index (χ1) is 23.1. The third-order valence-corrected chi connectivity index (χ3v) is 9.86. The number of anilines is 2. The molecule has 3 aliphatic rings. The molecule has 0 saturated carbocycles. The molecule has 6 rings (SSSR count). The monoisotopic (exact) mass is 666 g/mol. The van der Waals surface area contributed by atoms with E-state index in [2.05, 4.69) is 15.6 Å². The summed E-state index contributed by atoms with van der Waals surface area (Å²) in [5, 5.41) is 16.0. The average molecular weight is 667 g/mol. The fourth-order valence-corrected chi connectivity index (χ4v) is 7.70. The number of ether oxygens (including phenoxy) is 2. The van der Waals surface area contributed by atoms with Gasteiger partial charge in [0, 0.05) is 37.5 Å². The molecule has 1 saturated heterocycles. The molecule has 0 aliphatic carbocycles. The fraction of sp³-hybridized carbons (Fsp3) is 0.361. The number of aryl methyl sites for hydroxylation is 1. The number of nitrogens with zero attached hydrogens (tertiary/aromatic N) is 4. The Morgan fingerprint density at radius 1 is 1.17 bits per heavy atom. The Labute approximate surface area is 284 Å². The first-order valence-corrected chi connectivity index (χ1v) is 16.9. The molecule has 12 heteroatoms. The van der Waals surface area contributed by atoms with E-state index in [0.29, 0.717) is 53.9 Å². The molecule has 48 heavy (non-hydrogen) atoms. The standard InChI is InChI=1S/C36H38N6O5S/c1-5-46-36(3,4)19-23(20-37)34(44)41-17-9-10-24(21-41)39-32(43)31-30-29-28(15-16-38-33(29)48-31)42(35(45)40-30)27-14-13-26(18-22(27)2)47-25-11-7-6-8-12-25/h6-8,11-16,18-19,24,30-31H,5,9-10,17,21H2,1-4H3,(H,39,43)(H,40,45)/t24?,30?,31-/m1/s1. The second kappa shape index (κ2) is 13.7. The fourth-order valence-electron chi connectivity index (χ4n) is 6.47. The van der Waals surface area contributed by atoms with Crippen molar-refractivity contribution in [1.82, 2.24) is 20.5 Å². The van der Waals surface area contributed by atoms with Crippen LogP contribution >= 0.6 is 11.8 Å². The van der Waals surface area contributed by atoms with Gasteiger partial charge in [0.25, 0.3) is 5.91 Å². The van der Waals surface area contributed by atoms with Crippen LogP contribution in [0, 0.1) is 18.3 Å². The van der Waals surface area contributed by atoms with Crippen molar-refractivity contribution in [3.05, 3.63) is 83.6 Å². The van der Waals surface area contributed by atoms with Crippen LogP contribution in [0.5, 0.6) is 11.5 Å². The largest absolute Gasteiger partial charge is 0.457 e. The quantitative estimate of drug-likeness (QED) is 0.212. The number of nitrogens with one attached hydrogen (secondary N) is 2. The number of likely N-dealkylation sites (tertiary alicyclic amines) is 1. The van der Waals surface area contributed by atoms with Gasteiger partial charge < -0.3 is 25.0 Å². The number of piperidine rings is 1. The van der Waals surface area contributed by atoms with Crippen molar-refractivity contribution in [2.45, 2.75) is 68.5 Å². The van der Waals surface area contributed by atoms with E-state index in [1.807, 2.05) is 68.4 Å². The molecule has 1 fully saturated rings. The molecule has 3 atom stereocenters. The minimum atomic E-state index is -0.764. The number of urea groups is 1. The Balaban J connectivity index is 1.16. The minimum absolute atomic E-state index is 0.0175. The third-order valence-electron chi connectivity index (χ3n) is 8.57. The molecule has 4 heterocycles. The van der Waals surface area contributed by atoms with Crippen molar-refractivity contribution in [2.24, 2.45) is 0 Å². The van der Waals surface area contributed by atoms with Crippen LogP contribution in [0.1, 0.15) is 50.8 Å². The smallest absolute Gasteiger partial charge is 0.327 e.